The van der Waals surface area contributed by atoms with E-state index in [2.05, 4.69) is 15.4 Å². The van der Waals surface area contributed by atoms with Crippen LogP contribution in [-0.4, -0.2) is 25.3 Å². The number of tetrazole rings is 1. The van der Waals surface area contributed by atoms with Gasteiger partial charge in [-0.2, -0.15) is 0 Å². The predicted octanol–water partition coefficient (Wildman–Crippen LogP) is 0.155. The third kappa shape index (κ3) is 1.54. The van der Waals surface area contributed by atoms with Crippen LogP contribution >= 0.6 is 0 Å². The fraction of sp³-hybridized carbons (Fsp3) is 0.125. The zero-order valence-corrected chi connectivity index (χ0v) is 6.83. The zero-order valence-electron chi connectivity index (χ0n) is 6.83. The Labute approximate surface area is 74.6 Å². The van der Waals surface area contributed by atoms with Gasteiger partial charge in [-0.05, 0) is 17.3 Å². The van der Waals surface area contributed by atoms with Gasteiger partial charge in [0.05, 0.1) is 5.69 Å². The predicted molar refractivity (Wildman–Crippen MR) is 45.1 cm³/mol. The molecule has 66 valence electrons. The van der Waals surface area contributed by atoms with Crippen molar-refractivity contribution in [2.24, 2.45) is 0 Å². The molecule has 0 amide bonds. The first-order valence-corrected chi connectivity index (χ1v) is 3.85. The van der Waals surface area contributed by atoms with Crippen molar-refractivity contribution in [3.05, 3.63) is 36.2 Å². The lowest BCUT2D eigenvalue weighted by atomic mass is 10.3. The minimum atomic E-state index is -0.188. The monoisotopic (exact) mass is 176 g/mol. The molecule has 0 fully saturated rings. The Morgan fingerprint density at radius 2 is 2.00 bits per heavy atom. The largest absolute Gasteiger partial charge is 0.388 e. The SMILES string of the molecule is OCc1nnn(-c2ccccc2)n1. The van der Waals surface area contributed by atoms with Gasteiger partial charge in [0.1, 0.15) is 6.61 Å². The van der Waals surface area contributed by atoms with E-state index < -0.39 is 0 Å². The van der Waals surface area contributed by atoms with Crippen LogP contribution in [-0.2, 0) is 6.61 Å². The van der Waals surface area contributed by atoms with Crippen molar-refractivity contribution in [2.75, 3.05) is 0 Å². The summed E-state index contributed by atoms with van der Waals surface area (Å²) in [6.45, 7) is -0.188. The maximum Gasteiger partial charge on any atom is 0.200 e. The van der Waals surface area contributed by atoms with Gasteiger partial charge in [-0.25, -0.2) is 0 Å². The van der Waals surface area contributed by atoms with Crippen LogP contribution < -0.4 is 0 Å². The molecule has 1 heterocycles. The van der Waals surface area contributed by atoms with Crippen LogP contribution in [0.15, 0.2) is 30.3 Å². The lowest BCUT2D eigenvalue weighted by Gasteiger charge is -1.94. The Kier molecular flexibility index (Phi) is 2.01. The standard InChI is InChI=1S/C8H8N4O/c13-6-8-9-11-12(10-8)7-4-2-1-3-5-7/h1-5,13H,6H2. The van der Waals surface area contributed by atoms with Crippen LogP contribution in [0.2, 0.25) is 0 Å². The summed E-state index contributed by atoms with van der Waals surface area (Å²) < 4.78 is 0. The Bertz CT molecular complexity index is 384. The summed E-state index contributed by atoms with van der Waals surface area (Å²) in [6, 6.07) is 9.41. The van der Waals surface area contributed by atoms with Gasteiger partial charge in [0, 0.05) is 0 Å². The van der Waals surface area contributed by atoms with Crippen molar-refractivity contribution in [1.29, 1.82) is 0 Å². The number of hydrogen-bond donors (Lipinski definition) is 1. The van der Waals surface area contributed by atoms with Gasteiger partial charge < -0.3 is 5.11 Å². The van der Waals surface area contributed by atoms with Crippen LogP contribution in [0.3, 0.4) is 0 Å². The van der Waals surface area contributed by atoms with Crippen LogP contribution in [0, 0.1) is 0 Å². The topological polar surface area (TPSA) is 63.8 Å². The molecule has 0 saturated carbocycles. The average Bonchev–Trinajstić information content (AvgIpc) is 2.67. The maximum atomic E-state index is 8.72. The van der Waals surface area contributed by atoms with E-state index in [9.17, 15) is 0 Å². The first-order chi connectivity index (χ1) is 6.40. The maximum absolute atomic E-state index is 8.72. The molecule has 0 saturated heterocycles. The van der Waals surface area contributed by atoms with Crippen molar-refractivity contribution < 1.29 is 5.11 Å². The third-order valence-corrected chi connectivity index (χ3v) is 1.58. The molecule has 0 radical (unpaired) electrons. The zero-order chi connectivity index (χ0) is 9.10. The van der Waals surface area contributed by atoms with E-state index in [1.807, 2.05) is 30.3 Å². The second-order valence-electron chi connectivity index (χ2n) is 2.49. The van der Waals surface area contributed by atoms with E-state index in [1.165, 1.54) is 4.80 Å². The molecule has 13 heavy (non-hydrogen) atoms. The highest BCUT2D eigenvalue weighted by Crippen LogP contribution is 2.02. The summed E-state index contributed by atoms with van der Waals surface area (Å²) in [7, 11) is 0. The molecule has 0 aliphatic rings. The summed E-state index contributed by atoms with van der Waals surface area (Å²) >= 11 is 0. The fourth-order valence-corrected chi connectivity index (χ4v) is 0.977. The average molecular weight is 176 g/mol. The van der Waals surface area contributed by atoms with Crippen molar-refractivity contribution in [1.82, 2.24) is 20.2 Å². The van der Waals surface area contributed by atoms with E-state index in [1.54, 1.807) is 0 Å². The molecule has 5 heteroatoms. The Morgan fingerprint density at radius 3 is 2.62 bits per heavy atom. The second kappa shape index (κ2) is 3.32. The van der Waals surface area contributed by atoms with Crippen molar-refractivity contribution in [3.8, 4) is 5.69 Å². The van der Waals surface area contributed by atoms with E-state index >= 15 is 0 Å². The van der Waals surface area contributed by atoms with Crippen LogP contribution in [0.4, 0.5) is 0 Å². The number of para-hydroxylation sites is 1. The van der Waals surface area contributed by atoms with E-state index in [0.29, 0.717) is 5.82 Å². The highest BCUT2D eigenvalue weighted by atomic mass is 16.3. The number of rotatable bonds is 2. The van der Waals surface area contributed by atoms with Gasteiger partial charge in [0.2, 0.25) is 5.82 Å². The van der Waals surface area contributed by atoms with Gasteiger partial charge in [0.25, 0.3) is 0 Å². The molecule has 5 nitrogen and oxygen atoms in total. The molecule has 0 aliphatic heterocycles. The van der Waals surface area contributed by atoms with Crippen molar-refractivity contribution in [2.45, 2.75) is 6.61 Å². The van der Waals surface area contributed by atoms with Crippen molar-refractivity contribution >= 4 is 0 Å². The molecule has 1 N–H and O–H groups in total. The lowest BCUT2D eigenvalue weighted by molar-refractivity contribution is 0.271. The minimum absolute atomic E-state index is 0.188. The Hall–Kier alpha value is -1.75. The number of aliphatic hydroxyl groups excluding tert-OH is 1. The number of benzene rings is 1. The Balaban J connectivity index is 2.36. The summed E-state index contributed by atoms with van der Waals surface area (Å²) in [4.78, 5) is 1.38. The third-order valence-electron chi connectivity index (χ3n) is 1.58. The molecule has 0 unspecified atom stereocenters. The van der Waals surface area contributed by atoms with Gasteiger partial charge >= 0.3 is 0 Å². The van der Waals surface area contributed by atoms with Gasteiger partial charge in [-0.15, -0.1) is 15.0 Å². The minimum Gasteiger partial charge on any atom is -0.388 e. The molecule has 1 aromatic carbocycles. The second-order valence-corrected chi connectivity index (χ2v) is 2.49. The first-order valence-electron chi connectivity index (χ1n) is 3.85. The summed E-state index contributed by atoms with van der Waals surface area (Å²) in [5.74, 6) is 0.323. The Morgan fingerprint density at radius 1 is 1.23 bits per heavy atom. The molecule has 0 atom stereocenters. The van der Waals surface area contributed by atoms with E-state index in [-0.39, 0.29) is 6.61 Å². The molecule has 0 spiro atoms. The van der Waals surface area contributed by atoms with Crippen molar-refractivity contribution in [3.63, 3.8) is 0 Å². The molecular weight excluding hydrogens is 168 g/mol. The highest BCUT2D eigenvalue weighted by Gasteiger charge is 2.01. The van der Waals surface area contributed by atoms with Gasteiger partial charge in [0.15, 0.2) is 0 Å². The fourth-order valence-electron chi connectivity index (χ4n) is 0.977. The molecule has 1 aromatic heterocycles. The van der Waals surface area contributed by atoms with Crippen LogP contribution in [0.25, 0.3) is 5.69 Å². The highest BCUT2D eigenvalue weighted by molar-refractivity contribution is 5.27. The van der Waals surface area contributed by atoms with E-state index in [0.717, 1.165) is 5.69 Å². The number of nitrogens with zero attached hydrogens (tertiary/aromatic N) is 4. The van der Waals surface area contributed by atoms with E-state index in [4.69, 9.17) is 5.11 Å². The van der Waals surface area contributed by atoms with Crippen LogP contribution in [0.1, 0.15) is 5.82 Å². The molecule has 0 aliphatic carbocycles. The molecule has 0 bridgehead atoms. The quantitative estimate of drug-likeness (QED) is 0.707. The van der Waals surface area contributed by atoms with Gasteiger partial charge in [-0.1, -0.05) is 18.2 Å². The van der Waals surface area contributed by atoms with Gasteiger partial charge in [-0.3, -0.25) is 0 Å². The van der Waals surface area contributed by atoms with Crippen LogP contribution in [0.5, 0.6) is 0 Å². The summed E-state index contributed by atoms with van der Waals surface area (Å²) in [5, 5.41) is 20.1. The molecule has 2 aromatic rings. The number of aromatic nitrogens is 4. The number of aliphatic hydroxyl groups is 1. The normalized spacial score (nSPS) is 10.2. The lowest BCUT2D eigenvalue weighted by Crippen LogP contribution is -1.98. The first kappa shape index (κ1) is 7.88. The summed E-state index contributed by atoms with van der Waals surface area (Å²) in [5.41, 5.74) is 0.828. The molecular formula is C8H8N4O. The summed E-state index contributed by atoms with van der Waals surface area (Å²) in [6.07, 6.45) is 0. The smallest absolute Gasteiger partial charge is 0.200 e. The molecule has 2 rings (SSSR count). The number of hydrogen-bond acceptors (Lipinski definition) is 4.